The lowest BCUT2D eigenvalue weighted by Gasteiger charge is -2.32. The number of amides is 2. The molecule has 0 aromatic heterocycles. The minimum Gasteiger partial charge on any atom is -0.479 e. The molecule has 2 atom stereocenters. The summed E-state index contributed by atoms with van der Waals surface area (Å²) in [7, 11) is 0. The predicted molar refractivity (Wildman–Crippen MR) is 102 cm³/mol. The van der Waals surface area contributed by atoms with Gasteiger partial charge in [-0.3, -0.25) is 14.5 Å². The topological polar surface area (TPSA) is 58.6 Å². The summed E-state index contributed by atoms with van der Waals surface area (Å²) in [4.78, 5) is 26.6. The molecule has 26 heavy (non-hydrogen) atoms. The lowest BCUT2D eigenvalue weighted by Crippen LogP contribution is -2.49. The van der Waals surface area contributed by atoms with E-state index in [-0.39, 0.29) is 24.4 Å². The summed E-state index contributed by atoms with van der Waals surface area (Å²) in [6.45, 7) is 3.64. The van der Waals surface area contributed by atoms with E-state index in [1.54, 1.807) is 31.2 Å². The van der Waals surface area contributed by atoms with Gasteiger partial charge in [0.2, 0.25) is 5.91 Å². The monoisotopic (exact) mass is 372 g/mol. The van der Waals surface area contributed by atoms with E-state index < -0.39 is 6.10 Å². The van der Waals surface area contributed by atoms with Crippen LogP contribution in [0.2, 0.25) is 5.02 Å². The van der Waals surface area contributed by atoms with E-state index in [0.717, 1.165) is 12.0 Å². The molecule has 2 aromatic rings. The molecule has 0 bridgehead atoms. The van der Waals surface area contributed by atoms with Gasteiger partial charge in [-0.15, -0.1) is 0 Å². The summed E-state index contributed by atoms with van der Waals surface area (Å²) in [6.07, 6.45) is 0.119. The Hall–Kier alpha value is -2.53. The number of fused-ring (bicyclic) bond motifs is 1. The van der Waals surface area contributed by atoms with Crippen LogP contribution in [0.5, 0.6) is 5.75 Å². The van der Waals surface area contributed by atoms with E-state index >= 15 is 0 Å². The molecule has 2 amide bonds. The Balaban J connectivity index is 1.74. The highest BCUT2D eigenvalue weighted by atomic mass is 35.5. The maximum Gasteiger partial charge on any atom is 0.268 e. The molecule has 0 saturated carbocycles. The van der Waals surface area contributed by atoms with E-state index in [2.05, 4.69) is 5.32 Å². The third kappa shape index (κ3) is 3.83. The van der Waals surface area contributed by atoms with Crippen LogP contribution < -0.4 is 15.0 Å². The first-order valence-corrected chi connectivity index (χ1v) is 8.99. The zero-order valence-corrected chi connectivity index (χ0v) is 15.5. The fourth-order valence-corrected chi connectivity index (χ4v) is 3.15. The largest absolute Gasteiger partial charge is 0.479 e. The van der Waals surface area contributed by atoms with Crippen LogP contribution in [-0.4, -0.2) is 24.5 Å². The van der Waals surface area contributed by atoms with Gasteiger partial charge < -0.3 is 10.1 Å². The molecule has 2 unspecified atom stereocenters. The number of hydrogen-bond acceptors (Lipinski definition) is 3. The fourth-order valence-electron chi connectivity index (χ4n) is 3.02. The van der Waals surface area contributed by atoms with E-state index in [4.69, 9.17) is 16.3 Å². The predicted octanol–water partition coefficient (Wildman–Crippen LogP) is 3.72. The van der Waals surface area contributed by atoms with Crippen molar-refractivity contribution in [2.24, 2.45) is 0 Å². The Kier molecular flexibility index (Phi) is 5.47. The number of hydrogen-bond donors (Lipinski definition) is 1. The van der Waals surface area contributed by atoms with Crippen molar-refractivity contribution in [1.29, 1.82) is 0 Å². The third-order valence-corrected chi connectivity index (χ3v) is 4.64. The maximum absolute atomic E-state index is 12.6. The molecule has 0 aliphatic carbocycles. The van der Waals surface area contributed by atoms with E-state index in [0.29, 0.717) is 16.5 Å². The minimum absolute atomic E-state index is 0.0480. The van der Waals surface area contributed by atoms with Crippen LogP contribution >= 0.6 is 11.6 Å². The minimum atomic E-state index is -0.615. The number of carbonyl (C=O) groups excluding carboxylic acids is 2. The number of carbonyl (C=O) groups is 2. The maximum atomic E-state index is 12.6. The van der Waals surface area contributed by atoms with Crippen molar-refractivity contribution in [2.45, 2.75) is 32.4 Å². The van der Waals surface area contributed by atoms with Crippen molar-refractivity contribution >= 4 is 29.1 Å². The van der Waals surface area contributed by atoms with Crippen LogP contribution in [0.1, 0.15) is 31.9 Å². The fraction of sp³-hybridized carbons (Fsp3) is 0.300. The number of ether oxygens (including phenoxy) is 1. The smallest absolute Gasteiger partial charge is 0.268 e. The first-order chi connectivity index (χ1) is 12.5. The Morgan fingerprint density at radius 3 is 2.62 bits per heavy atom. The molecule has 1 aliphatic rings. The van der Waals surface area contributed by atoms with Gasteiger partial charge in [0.05, 0.1) is 11.7 Å². The van der Waals surface area contributed by atoms with Gasteiger partial charge in [-0.1, -0.05) is 42.8 Å². The average Bonchev–Trinajstić information content (AvgIpc) is 2.64. The van der Waals surface area contributed by atoms with Crippen LogP contribution in [0, 0.1) is 0 Å². The standard InChI is InChI=1S/C20H21ClN2O3/c1-3-16(14-8-10-15(21)11-9-14)22-19(24)12-23-17-6-4-5-7-18(17)26-13(2)20(23)25/h4-11,13,16H,3,12H2,1-2H3,(H,22,24). The number of halogens is 1. The molecule has 1 N–H and O–H groups in total. The summed E-state index contributed by atoms with van der Waals surface area (Å²) < 4.78 is 5.60. The normalized spacial score (nSPS) is 17.3. The van der Waals surface area contributed by atoms with Crippen molar-refractivity contribution in [1.82, 2.24) is 5.32 Å². The summed E-state index contributed by atoms with van der Waals surface area (Å²) in [5.41, 5.74) is 1.60. The van der Waals surface area contributed by atoms with Crippen LogP contribution in [0.4, 0.5) is 5.69 Å². The van der Waals surface area contributed by atoms with Crippen molar-refractivity contribution in [3.05, 3.63) is 59.1 Å². The summed E-state index contributed by atoms with van der Waals surface area (Å²) >= 11 is 5.93. The van der Waals surface area contributed by atoms with Crippen LogP contribution in [-0.2, 0) is 9.59 Å². The Labute approximate surface area is 157 Å². The van der Waals surface area contributed by atoms with Crippen molar-refractivity contribution in [2.75, 3.05) is 11.4 Å². The van der Waals surface area contributed by atoms with Crippen LogP contribution in [0.15, 0.2) is 48.5 Å². The number of nitrogens with zero attached hydrogens (tertiary/aromatic N) is 1. The molecule has 0 fully saturated rings. The second-order valence-corrected chi connectivity index (χ2v) is 6.67. The van der Waals surface area contributed by atoms with Crippen LogP contribution in [0.3, 0.4) is 0 Å². The van der Waals surface area contributed by atoms with Crippen molar-refractivity contribution in [3.63, 3.8) is 0 Å². The zero-order valence-electron chi connectivity index (χ0n) is 14.7. The number of rotatable bonds is 5. The first-order valence-electron chi connectivity index (χ1n) is 8.61. The first kappa shape index (κ1) is 18.3. The number of para-hydroxylation sites is 2. The lowest BCUT2D eigenvalue weighted by molar-refractivity contribution is -0.128. The Morgan fingerprint density at radius 2 is 1.92 bits per heavy atom. The Morgan fingerprint density at radius 1 is 1.23 bits per heavy atom. The van der Waals surface area contributed by atoms with E-state index in [1.165, 1.54) is 4.90 Å². The molecule has 1 heterocycles. The van der Waals surface area contributed by atoms with Gasteiger partial charge >= 0.3 is 0 Å². The molecule has 6 heteroatoms. The highest BCUT2D eigenvalue weighted by Crippen LogP contribution is 2.33. The molecule has 3 rings (SSSR count). The molecule has 0 spiro atoms. The number of nitrogens with one attached hydrogen (secondary N) is 1. The number of anilines is 1. The molecule has 2 aromatic carbocycles. The summed E-state index contributed by atoms with van der Waals surface area (Å²) in [5.74, 6) is 0.166. The van der Waals surface area contributed by atoms with Gasteiger partial charge in [0, 0.05) is 5.02 Å². The lowest BCUT2D eigenvalue weighted by atomic mass is 10.0. The molecule has 0 radical (unpaired) electrons. The third-order valence-electron chi connectivity index (χ3n) is 4.39. The Bertz CT molecular complexity index is 807. The average molecular weight is 373 g/mol. The summed E-state index contributed by atoms with van der Waals surface area (Å²) in [6, 6.07) is 14.5. The molecule has 1 aliphatic heterocycles. The molecular weight excluding hydrogens is 352 g/mol. The van der Waals surface area contributed by atoms with Gasteiger partial charge in [-0.05, 0) is 43.2 Å². The highest BCUT2D eigenvalue weighted by Gasteiger charge is 2.32. The second kappa shape index (κ2) is 7.79. The molecular formula is C20H21ClN2O3. The quantitative estimate of drug-likeness (QED) is 0.870. The molecule has 136 valence electrons. The molecule has 0 saturated heterocycles. The van der Waals surface area contributed by atoms with Gasteiger partial charge in [0.15, 0.2) is 6.10 Å². The van der Waals surface area contributed by atoms with Gasteiger partial charge in [0.25, 0.3) is 5.91 Å². The van der Waals surface area contributed by atoms with Crippen molar-refractivity contribution < 1.29 is 14.3 Å². The SMILES string of the molecule is CCC(NC(=O)CN1C(=O)C(C)Oc2ccccc21)c1ccc(Cl)cc1. The second-order valence-electron chi connectivity index (χ2n) is 6.23. The van der Waals surface area contributed by atoms with E-state index in [1.807, 2.05) is 31.2 Å². The molecule has 5 nitrogen and oxygen atoms in total. The van der Waals surface area contributed by atoms with Gasteiger partial charge in [-0.25, -0.2) is 0 Å². The number of benzene rings is 2. The summed E-state index contributed by atoms with van der Waals surface area (Å²) in [5, 5.41) is 3.65. The van der Waals surface area contributed by atoms with Crippen molar-refractivity contribution in [3.8, 4) is 5.75 Å². The van der Waals surface area contributed by atoms with E-state index in [9.17, 15) is 9.59 Å². The zero-order chi connectivity index (χ0) is 18.7. The van der Waals surface area contributed by atoms with Crippen LogP contribution in [0.25, 0.3) is 0 Å². The van der Waals surface area contributed by atoms with Gasteiger partial charge in [0.1, 0.15) is 12.3 Å². The van der Waals surface area contributed by atoms with Gasteiger partial charge in [-0.2, -0.15) is 0 Å². The highest BCUT2D eigenvalue weighted by molar-refractivity contribution is 6.30.